The lowest BCUT2D eigenvalue weighted by molar-refractivity contribution is -0.137. The highest BCUT2D eigenvalue weighted by molar-refractivity contribution is 5.94. The van der Waals surface area contributed by atoms with Crippen molar-refractivity contribution >= 4 is 22.6 Å². The maximum absolute atomic E-state index is 13.2. The summed E-state index contributed by atoms with van der Waals surface area (Å²) < 4.78 is 51.0. The Morgan fingerprint density at radius 1 is 1.19 bits per heavy atom. The highest BCUT2D eigenvalue weighted by Gasteiger charge is 2.33. The molecule has 5 nitrogen and oxygen atoms in total. The number of aryl methyl sites for hydroxylation is 2. The number of carbonyl (C=O) groups excluding carboxylic acids is 1. The first kappa shape index (κ1) is 21.9. The molecule has 0 spiro atoms. The molecule has 0 saturated carbocycles. The minimum absolute atomic E-state index is 0.108. The van der Waals surface area contributed by atoms with E-state index in [1.54, 1.807) is 13.0 Å². The van der Waals surface area contributed by atoms with Gasteiger partial charge in [-0.3, -0.25) is 4.79 Å². The molecule has 0 radical (unpaired) electrons. The minimum Gasteiger partial charge on any atom is -0.487 e. The van der Waals surface area contributed by atoms with Gasteiger partial charge < -0.3 is 14.5 Å². The van der Waals surface area contributed by atoms with Crippen molar-refractivity contribution in [3.05, 3.63) is 69.1 Å². The van der Waals surface area contributed by atoms with Crippen molar-refractivity contribution in [3.8, 4) is 5.75 Å². The van der Waals surface area contributed by atoms with Gasteiger partial charge in [0.2, 0.25) is 5.91 Å². The van der Waals surface area contributed by atoms with E-state index in [-0.39, 0.29) is 16.9 Å². The molecule has 0 fully saturated rings. The lowest BCUT2D eigenvalue weighted by Gasteiger charge is -2.32. The standard InChI is InChI=1S/C24H22F3NO4/c1-13-15-10-14-8-9-23(2,3)32-19(14)12-20(15)31-22(30)16(13)11-21(29)28-18-7-5-4-6-17(18)24(25,26)27/h4-7,10,12H,8-9,11H2,1-3H3,(H,28,29). The zero-order valence-corrected chi connectivity index (χ0v) is 17.9. The number of fused-ring (bicyclic) bond motifs is 2. The molecule has 32 heavy (non-hydrogen) atoms. The Morgan fingerprint density at radius 2 is 1.91 bits per heavy atom. The van der Waals surface area contributed by atoms with Crippen LogP contribution in [0.25, 0.3) is 11.0 Å². The Hall–Kier alpha value is -3.29. The molecule has 168 valence electrons. The summed E-state index contributed by atoms with van der Waals surface area (Å²) in [6, 6.07) is 8.27. The Balaban J connectivity index is 1.66. The predicted molar refractivity (Wildman–Crippen MR) is 114 cm³/mol. The van der Waals surface area contributed by atoms with Gasteiger partial charge in [-0.2, -0.15) is 13.2 Å². The lowest BCUT2D eigenvalue weighted by atomic mass is 9.92. The van der Waals surface area contributed by atoms with Crippen molar-refractivity contribution in [2.24, 2.45) is 0 Å². The third-order valence-corrected chi connectivity index (χ3v) is 5.69. The molecule has 0 aliphatic carbocycles. The van der Waals surface area contributed by atoms with Gasteiger partial charge >= 0.3 is 11.8 Å². The summed E-state index contributed by atoms with van der Waals surface area (Å²) in [6.07, 6.45) is -3.40. The average molecular weight is 445 g/mol. The number of halogens is 3. The van der Waals surface area contributed by atoms with Crippen LogP contribution in [-0.2, 0) is 23.8 Å². The largest absolute Gasteiger partial charge is 0.487 e. The molecule has 4 rings (SSSR count). The van der Waals surface area contributed by atoms with Gasteiger partial charge in [-0.15, -0.1) is 0 Å². The van der Waals surface area contributed by atoms with Crippen LogP contribution in [-0.4, -0.2) is 11.5 Å². The Labute approximate surface area is 182 Å². The van der Waals surface area contributed by atoms with E-state index in [0.717, 1.165) is 24.5 Å². The van der Waals surface area contributed by atoms with Crippen LogP contribution < -0.4 is 15.7 Å². The number of hydrogen-bond acceptors (Lipinski definition) is 4. The van der Waals surface area contributed by atoms with E-state index in [1.165, 1.54) is 18.2 Å². The van der Waals surface area contributed by atoms with Crippen LogP contribution in [0.3, 0.4) is 0 Å². The molecular formula is C24H22F3NO4. The first-order valence-electron chi connectivity index (χ1n) is 10.2. The zero-order valence-electron chi connectivity index (χ0n) is 17.9. The molecule has 0 unspecified atom stereocenters. The fourth-order valence-corrected chi connectivity index (χ4v) is 3.93. The van der Waals surface area contributed by atoms with Gasteiger partial charge in [0, 0.05) is 11.5 Å². The summed E-state index contributed by atoms with van der Waals surface area (Å²) in [5.74, 6) is -0.0787. The fraction of sp³-hybridized carbons (Fsp3) is 0.333. The number of carbonyl (C=O) groups is 1. The second kappa shape index (κ2) is 7.69. The van der Waals surface area contributed by atoms with Crippen molar-refractivity contribution in [1.82, 2.24) is 0 Å². The number of benzene rings is 2. The molecule has 2 aromatic carbocycles. The highest BCUT2D eigenvalue weighted by atomic mass is 19.4. The van der Waals surface area contributed by atoms with E-state index in [4.69, 9.17) is 9.15 Å². The quantitative estimate of drug-likeness (QED) is 0.548. The molecule has 0 atom stereocenters. The number of para-hydroxylation sites is 1. The normalized spacial score (nSPS) is 15.2. The van der Waals surface area contributed by atoms with E-state index >= 15 is 0 Å². The third-order valence-electron chi connectivity index (χ3n) is 5.69. The van der Waals surface area contributed by atoms with E-state index in [2.05, 4.69) is 5.32 Å². The molecule has 0 bridgehead atoms. The first-order valence-corrected chi connectivity index (χ1v) is 10.2. The van der Waals surface area contributed by atoms with Gasteiger partial charge in [0.05, 0.1) is 23.2 Å². The Bertz CT molecular complexity index is 1270. The SMILES string of the molecule is Cc1c(CC(=O)Nc2ccccc2C(F)(F)F)c(=O)oc2cc3c(cc12)CCC(C)(C)O3. The molecule has 1 aliphatic heterocycles. The molecule has 1 amide bonds. The smallest absolute Gasteiger partial charge is 0.418 e. The Kier molecular flexibility index (Phi) is 5.27. The van der Waals surface area contributed by atoms with Crippen molar-refractivity contribution in [1.29, 1.82) is 0 Å². The number of alkyl halides is 3. The summed E-state index contributed by atoms with van der Waals surface area (Å²) in [5.41, 5.74) is -0.352. The molecule has 1 aromatic heterocycles. The van der Waals surface area contributed by atoms with E-state index in [9.17, 15) is 22.8 Å². The second-order valence-corrected chi connectivity index (χ2v) is 8.58. The van der Waals surface area contributed by atoms with Crippen molar-refractivity contribution in [2.45, 2.75) is 51.8 Å². The maximum atomic E-state index is 13.2. The molecule has 8 heteroatoms. The molecule has 1 aliphatic rings. The number of anilines is 1. The monoisotopic (exact) mass is 445 g/mol. The van der Waals surface area contributed by atoms with Crippen LogP contribution in [0.5, 0.6) is 5.75 Å². The Morgan fingerprint density at radius 3 is 2.62 bits per heavy atom. The highest BCUT2D eigenvalue weighted by Crippen LogP contribution is 2.37. The van der Waals surface area contributed by atoms with Crippen LogP contribution in [0.4, 0.5) is 18.9 Å². The van der Waals surface area contributed by atoms with E-state index in [0.29, 0.717) is 22.3 Å². The van der Waals surface area contributed by atoms with Gasteiger partial charge in [-0.05, 0) is 62.9 Å². The van der Waals surface area contributed by atoms with Crippen LogP contribution in [0.15, 0.2) is 45.6 Å². The summed E-state index contributed by atoms with van der Waals surface area (Å²) in [4.78, 5) is 25.1. The molecular weight excluding hydrogens is 423 g/mol. The second-order valence-electron chi connectivity index (χ2n) is 8.58. The van der Waals surface area contributed by atoms with Gasteiger partial charge in [-0.1, -0.05) is 12.1 Å². The van der Waals surface area contributed by atoms with E-state index in [1.807, 2.05) is 19.9 Å². The van der Waals surface area contributed by atoms with Crippen LogP contribution >= 0.6 is 0 Å². The number of hydrogen-bond donors (Lipinski definition) is 1. The lowest BCUT2D eigenvalue weighted by Crippen LogP contribution is -2.32. The van der Waals surface area contributed by atoms with Crippen molar-refractivity contribution in [3.63, 3.8) is 0 Å². The molecule has 2 heterocycles. The van der Waals surface area contributed by atoms with Gasteiger partial charge in [0.15, 0.2) is 0 Å². The average Bonchev–Trinajstić information content (AvgIpc) is 2.69. The van der Waals surface area contributed by atoms with Gasteiger partial charge in [-0.25, -0.2) is 4.79 Å². The number of nitrogens with one attached hydrogen (secondary N) is 1. The number of amides is 1. The van der Waals surface area contributed by atoms with E-state index < -0.39 is 29.7 Å². The first-order chi connectivity index (χ1) is 14.9. The molecule has 1 N–H and O–H groups in total. The number of rotatable bonds is 3. The van der Waals surface area contributed by atoms with Crippen LogP contribution in [0.1, 0.15) is 42.5 Å². The maximum Gasteiger partial charge on any atom is 0.418 e. The minimum atomic E-state index is -4.61. The summed E-state index contributed by atoms with van der Waals surface area (Å²) in [5, 5.41) is 2.94. The van der Waals surface area contributed by atoms with Gasteiger partial charge in [0.1, 0.15) is 16.9 Å². The van der Waals surface area contributed by atoms with Crippen LogP contribution in [0, 0.1) is 6.92 Å². The zero-order chi connectivity index (χ0) is 23.3. The fourth-order valence-electron chi connectivity index (χ4n) is 3.93. The summed E-state index contributed by atoms with van der Waals surface area (Å²) in [6.45, 7) is 5.67. The topological polar surface area (TPSA) is 68.5 Å². The van der Waals surface area contributed by atoms with Crippen molar-refractivity contribution < 1.29 is 27.1 Å². The third kappa shape index (κ3) is 4.22. The molecule has 0 saturated heterocycles. The van der Waals surface area contributed by atoms with Crippen LogP contribution in [0.2, 0.25) is 0 Å². The van der Waals surface area contributed by atoms with Gasteiger partial charge in [0.25, 0.3) is 0 Å². The summed E-state index contributed by atoms with van der Waals surface area (Å²) in [7, 11) is 0. The van der Waals surface area contributed by atoms with Crippen molar-refractivity contribution in [2.75, 3.05) is 5.32 Å². The predicted octanol–water partition coefficient (Wildman–Crippen LogP) is 5.41. The molecule has 3 aromatic rings. The number of ether oxygens (including phenoxy) is 1. The summed E-state index contributed by atoms with van der Waals surface area (Å²) >= 11 is 0.